The highest BCUT2D eigenvalue weighted by Gasteiger charge is 2.17. The predicted molar refractivity (Wildman–Crippen MR) is 110 cm³/mol. The lowest BCUT2D eigenvalue weighted by molar-refractivity contribution is -0.383. The van der Waals surface area contributed by atoms with Crippen LogP contribution < -0.4 is 5.32 Å². The molecule has 3 aromatic rings. The van der Waals surface area contributed by atoms with Gasteiger partial charge in [0.25, 0.3) is 5.69 Å². The third-order valence-corrected chi connectivity index (χ3v) is 4.84. The first-order chi connectivity index (χ1) is 12.9. The molecule has 0 unspecified atom stereocenters. The maximum atomic E-state index is 12.8. The second-order valence-electron chi connectivity index (χ2n) is 5.88. The van der Waals surface area contributed by atoms with Gasteiger partial charge in [-0.05, 0) is 48.9 Å². The summed E-state index contributed by atoms with van der Waals surface area (Å²) in [4.78, 5) is 23.5. The molecule has 1 N–H and O–H groups in total. The molecule has 0 bridgehead atoms. The van der Waals surface area contributed by atoms with Gasteiger partial charge >= 0.3 is 0 Å². The first kappa shape index (κ1) is 19.1. The number of carbonyl (C=O) groups is 1. The van der Waals surface area contributed by atoms with E-state index in [1.54, 1.807) is 42.5 Å². The van der Waals surface area contributed by atoms with Gasteiger partial charge in [-0.25, -0.2) is 0 Å². The Morgan fingerprint density at radius 2 is 1.81 bits per heavy atom. The number of ketones is 1. The molecule has 0 heterocycles. The molecule has 0 aliphatic heterocycles. The minimum atomic E-state index is -0.460. The minimum absolute atomic E-state index is 0.0430. The number of aryl methyl sites for hydroxylation is 1. The lowest BCUT2D eigenvalue weighted by Gasteiger charge is -2.11. The van der Waals surface area contributed by atoms with Crippen LogP contribution >= 0.6 is 27.5 Å². The number of para-hydroxylation sites is 2. The molecular formula is C20H14BrClN2O3. The normalized spacial score (nSPS) is 10.5. The van der Waals surface area contributed by atoms with E-state index in [-0.39, 0.29) is 16.5 Å². The van der Waals surface area contributed by atoms with Crippen LogP contribution in [0.15, 0.2) is 65.1 Å². The molecule has 0 saturated heterocycles. The molecular weight excluding hydrogens is 432 g/mol. The van der Waals surface area contributed by atoms with Crippen molar-refractivity contribution in [3.05, 3.63) is 97.0 Å². The zero-order valence-electron chi connectivity index (χ0n) is 14.2. The largest absolute Gasteiger partial charge is 0.350 e. The van der Waals surface area contributed by atoms with E-state index in [4.69, 9.17) is 11.6 Å². The molecule has 27 heavy (non-hydrogen) atoms. The summed E-state index contributed by atoms with van der Waals surface area (Å²) in [6.07, 6.45) is 0. The molecule has 0 spiro atoms. The summed E-state index contributed by atoms with van der Waals surface area (Å²) in [7, 11) is 0. The lowest BCUT2D eigenvalue weighted by atomic mass is 9.99. The van der Waals surface area contributed by atoms with Crippen molar-refractivity contribution >= 4 is 50.4 Å². The van der Waals surface area contributed by atoms with Crippen molar-refractivity contribution in [2.75, 3.05) is 5.32 Å². The van der Waals surface area contributed by atoms with Crippen LogP contribution in [-0.4, -0.2) is 10.7 Å². The summed E-state index contributed by atoms with van der Waals surface area (Å²) < 4.78 is 0.808. The number of rotatable bonds is 5. The quantitative estimate of drug-likeness (QED) is 0.284. The molecule has 7 heteroatoms. The SMILES string of the molecule is Cc1ccc(Br)cc1C(=O)c1ccc(Nc2ccccc2[N+](=O)[O-])cc1Cl. The van der Waals surface area contributed by atoms with Crippen molar-refractivity contribution in [2.24, 2.45) is 0 Å². The van der Waals surface area contributed by atoms with E-state index in [2.05, 4.69) is 21.2 Å². The lowest BCUT2D eigenvalue weighted by Crippen LogP contribution is -2.05. The molecule has 0 aliphatic rings. The van der Waals surface area contributed by atoms with Crippen LogP contribution in [0.3, 0.4) is 0 Å². The number of carbonyl (C=O) groups excluding carboxylic acids is 1. The van der Waals surface area contributed by atoms with E-state index in [9.17, 15) is 14.9 Å². The Morgan fingerprint density at radius 3 is 2.52 bits per heavy atom. The average molecular weight is 446 g/mol. The molecule has 0 aliphatic carbocycles. The number of nitro benzene ring substituents is 1. The highest BCUT2D eigenvalue weighted by molar-refractivity contribution is 9.10. The zero-order chi connectivity index (χ0) is 19.6. The third-order valence-electron chi connectivity index (χ3n) is 4.04. The van der Waals surface area contributed by atoms with Gasteiger partial charge in [-0.1, -0.05) is 45.7 Å². The molecule has 0 amide bonds. The van der Waals surface area contributed by atoms with Crippen LogP contribution in [0.4, 0.5) is 17.1 Å². The Labute approximate surface area is 169 Å². The van der Waals surface area contributed by atoms with Gasteiger partial charge in [0, 0.05) is 27.4 Å². The van der Waals surface area contributed by atoms with Crippen molar-refractivity contribution in [3.8, 4) is 0 Å². The minimum Gasteiger partial charge on any atom is -0.350 e. The Hall–Kier alpha value is -2.70. The van der Waals surface area contributed by atoms with Gasteiger partial charge in [-0.15, -0.1) is 0 Å². The van der Waals surface area contributed by atoms with E-state index in [0.29, 0.717) is 22.5 Å². The van der Waals surface area contributed by atoms with Crippen LogP contribution in [0.2, 0.25) is 5.02 Å². The Balaban J connectivity index is 1.92. The maximum Gasteiger partial charge on any atom is 0.292 e. The third kappa shape index (κ3) is 4.18. The van der Waals surface area contributed by atoms with E-state index in [1.165, 1.54) is 6.07 Å². The Bertz CT molecular complexity index is 1050. The van der Waals surface area contributed by atoms with Gasteiger partial charge in [-0.2, -0.15) is 0 Å². The number of hydrogen-bond donors (Lipinski definition) is 1. The summed E-state index contributed by atoms with van der Waals surface area (Å²) in [5.41, 5.74) is 2.63. The maximum absolute atomic E-state index is 12.8. The standard InChI is InChI=1S/C20H14BrClN2O3/c1-12-6-7-13(21)10-16(12)20(25)15-9-8-14(11-17(15)22)23-18-4-2-3-5-19(18)24(26)27/h2-11,23H,1H3. The molecule has 0 radical (unpaired) electrons. The Morgan fingerprint density at radius 1 is 1.07 bits per heavy atom. The number of halogens is 2. The van der Waals surface area contributed by atoms with Crippen LogP contribution in [0.5, 0.6) is 0 Å². The number of benzene rings is 3. The van der Waals surface area contributed by atoms with Gasteiger partial charge in [0.2, 0.25) is 0 Å². The van der Waals surface area contributed by atoms with Crippen LogP contribution in [0, 0.1) is 17.0 Å². The van der Waals surface area contributed by atoms with Crippen LogP contribution in [-0.2, 0) is 0 Å². The molecule has 0 aromatic heterocycles. The number of nitrogens with zero attached hydrogens (tertiary/aromatic N) is 1. The van der Waals surface area contributed by atoms with Gasteiger partial charge in [0.15, 0.2) is 5.78 Å². The fourth-order valence-corrected chi connectivity index (χ4v) is 3.28. The molecule has 3 rings (SSSR count). The van der Waals surface area contributed by atoms with Gasteiger partial charge < -0.3 is 5.32 Å². The Kier molecular flexibility index (Phi) is 5.58. The first-order valence-electron chi connectivity index (χ1n) is 7.97. The number of anilines is 2. The van der Waals surface area contributed by atoms with E-state index >= 15 is 0 Å². The van der Waals surface area contributed by atoms with Gasteiger partial charge in [0.1, 0.15) is 5.69 Å². The van der Waals surface area contributed by atoms with E-state index < -0.39 is 4.92 Å². The number of hydrogen-bond acceptors (Lipinski definition) is 4. The van der Waals surface area contributed by atoms with E-state index in [1.807, 2.05) is 19.1 Å². The second-order valence-corrected chi connectivity index (χ2v) is 7.21. The number of nitrogens with one attached hydrogen (secondary N) is 1. The number of nitro groups is 1. The molecule has 5 nitrogen and oxygen atoms in total. The summed E-state index contributed by atoms with van der Waals surface area (Å²) in [6, 6.07) is 16.7. The average Bonchev–Trinajstić information content (AvgIpc) is 2.63. The summed E-state index contributed by atoms with van der Waals surface area (Å²) >= 11 is 9.70. The summed E-state index contributed by atoms with van der Waals surface area (Å²) in [5.74, 6) is -0.184. The monoisotopic (exact) mass is 444 g/mol. The van der Waals surface area contributed by atoms with E-state index in [0.717, 1.165) is 10.0 Å². The van der Waals surface area contributed by atoms with Crippen LogP contribution in [0.25, 0.3) is 0 Å². The second kappa shape index (κ2) is 7.90. The van der Waals surface area contributed by atoms with Gasteiger partial charge in [-0.3, -0.25) is 14.9 Å². The topological polar surface area (TPSA) is 72.2 Å². The van der Waals surface area contributed by atoms with Gasteiger partial charge in [0.05, 0.1) is 9.95 Å². The molecule has 136 valence electrons. The molecule has 0 fully saturated rings. The highest BCUT2D eigenvalue weighted by Crippen LogP contribution is 2.30. The van der Waals surface area contributed by atoms with Crippen molar-refractivity contribution < 1.29 is 9.72 Å². The van der Waals surface area contributed by atoms with Crippen molar-refractivity contribution in [1.82, 2.24) is 0 Å². The zero-order valence-corrected chi connectivity index (χ0v) is 16.5. The van der Waals surface area contributed by atoms with Crippen molar-refractivity contribution in [1.29, 1.82) is 0 Å². The molecule has 0 saturated carbocycles. The fourth-order valence-electron chi connectivity index (χ4n) is 2.65. The highest BCUT2D eigenvalue weighted by atomic mass is 79.9. The summed E-state index contributed by atoms with van der Waals surface area (Å²) in [5, 5.41) is 14.4. The molecule has 0 atom stereocenters. The van der Waals surface area contributed by atoms with Crippen molar-refractivity contribution in [2.45, 2.75) is 6.92 Å². The smallest absolute Gasteiger partial charge is 0.292 e. The van der Waals surface area contributed by atoms with Crippen molar-refractivity contribution in [3.63, 3.8) is 0 Å². The predicted octanol–water partition coefficient (Wildman–Crippen LogP) is 6.29. The van der Waals surface area contributed by atoms with Crippen LogP contribution in [0.1, 0.15) is 21.5 Å². The molecule has 3 aromatic carbocycles. The first-order valence-corrected chi connectivity index (χ1v) is 9.15. The summed E-state index contributed by atoms with van der Waals surface area (Å²) in [6.45, 7) is 1.86. The fraction of sp³-hybridized carbons (Fsp3) is 0.0500.